The Balaban J connectivity index is 1.49. The molecule has 0 aliphatic heterocycles. The van der Waals surface area contributed by atoms with Gasteiger partial charge in [-0.3, -0.25) is 0 Å². The molecule has 152 valence electrons. The van der Waals surface area contributed by atoms with Crippen LogP contribution in [0.1, 0.15) is 33.3 Å². The average molecular weight is 424 g/mol. The average Bonchev–Trinajstić information content (AvgIpc) is 3.32. The normalized spacial score (nSPS) is 10.9. The SMILES string of the molecule is Cc1cccc(-c2nnc(COC(=O)c3nc(-n4nc(C)cc4C)ccc3Cl)o2)c1. The molecule has 0 N–H and O–H groups in total. The molecule has 0 fully saturated rings. The number of aromatic nitrogens is 5. The fourth-order valence-electron chi connectivity index (χ4n) is 2.96. The molecule has 8 nitrogen and oxygen atoms in total. The maximum Gasteiger partial charge on any atom is 0.359 e. The zero-order valence-electron chi connectivity index (χ0n) is 16.6. The summed E-state index contributed by atoms with van der Waals surface area (Å²) >= 11 is 6.16. The monoisotopic (exact) mass is 423 g/mol. The molecule has 0 amide bonds. The van der Waals surface area contributed by atoms with Crippen molar-refractivity contribution in [3.63, 3.8) is 0 Å². The molecule has 1 aromatic carbocycles. The van der Waals surface area contributed by atoms with Gasteiger partial charge in [-0.1, -0.05) is 29.3 Å². The maximum atomic E-state index is 12.5. The summed E-state index contributed by atoms with van der Waals surface area (Å²) < 4.78 is 12.5. The Hall–Kier alpha value is -3.52. The standard InChI is InChI=1S/C21H18ClN5O3/c1-12-5-4-6-15(9-12)20-25-24-18(30-20)11-29-21(28)19-16(22)7-8-17(23-19)27-14(3)10-13(2)26-27/h4-10H,11H2,1-3H3. The second-order valence-electron chi connectivity index (χ2n) is 6.79. The number of hydrogen-bond acceptors (Lipinski definition) is 7. The van der Waals surface area contributed by atoms with Crippen molar-refractivity contribution in [2.75, 3.05) is 0 Å². The molecule has 4 rings (SSSR count). The lowest BCUT2D eigenvalue weighted by Gasteiger charge is -2.07. The molecule has 0 spiro atoms. The molecule has 0 atom stereocenters. The molecule has 0 aliphatic rings. The van der Waals surface area contributed by atoms with Gasteiger partial charge < -0.3 is 9.15 Å². The van der Waals surface area contributed by atoms with E-state index >= 15 is 0 Å². The van der Waals surface area contributed by atoms with E-state index in [0.717, 1.165) is 22.5 Å². The van der Waals surface area contributed by atoms with E-state index in [1.54, 1.807) is 16.8 Å². The second-order valence-corrected chi connectivity index (χ2v) is 7.19. The number of carbonyl (C=O) groups excluding carboxylic acids is 1. The quantitative estimate of drug-likeness (QED) is 0.442. The van der Waals surface area contributed by atoms with Crippen molar-refractivity contribution in [3.05, 3.63) is 76.0 Å². The van der Waals surface area contributed by atoms with E-state index < -0.39 is 5.97 Å². The van der Waals surface area contributed by atoms with Crippen molar-refractivity contribution in [1.82, 2.24) is 25.0 Å². The van der Waals surface area contributed by atoms with E-state index in [0.29, 0.717) is 11.7 Å². The van der Waals surface area contributed by atoms with Crippen LogP contribution in [0, 0.1) is 20.8 Å². The number of benzene rings is 1. The van der Waals surface area contributed by atoms with Gasteiger partial charge in [-0.15, -0.1) is 10.2 Å². The summed E-state index contributed by atoms with van der Waals surface area (Å²) in [7, 11) is 0. The Morgan fingerprint density at radius 2 is 1.97 bits per heavy atom. The van der Waals surface area contributed by atoms with Crippen molar-refractivity contribution in [1.29, 1.82) is 0 Å². The number of rotatable bonds is 5. The number of hydrogen-bond donors (Lipinski definition) is 0. The van der Waals surface area contributed by atoms with E-state index in [2.05, 4.69) is 20.3 Å². The smallest absolute Gasteiger partial charge is 0.359 e. The van der Waals surface area contributed by atoms with E-state index in [1.165, 1.54) is 0 Å². The fraction of sp³-hybridized carbons (Fsp3) is 0.190. The van der Waals surface area contributed by atoms with Crippen molar-refractivity contribution in [3.8, 4) is 17.3 Å². The minimum absolute atomic E-state index is 0.0138. The Kier molecular flexibility index (Phi) is 5.33. The first-order valence-electron chi connectivity index (χ1n) is 9.17. The molecule has 3 heterocycles. The van der Waals surface area contributed by atoms with Gasteiger partial charge in [0.1, 0.15) is 0 Å². The highest BCUT2D eigenvalue weighted by atomic mass is 35.5. The van der Waals surface area contributed by atoms with E-state index in [9.17, 15) is 4.79 Å². The van der Waals surface area contributed by atoms with Gasteiger partial charge in [0.05, 0.1) is 10.7 Å². The maximum absolute atomic E-state index is 12.5. The summed E-state index contributed by atoms with van der Waals surface area (Å²) in [6.07, 6.45) is 0. The molecule has 4 aromatic rings. The number of carbonyl (C=O) groups is 1. The minimum Gasteiger partial charge on any atom is -0.451 e. The van der Waals surface area contributed by atoms with Crippen LogP contribution in [0.25, 0.3) is 17.3 Å². The van der Waals surface area contributed by atoms with Crippen molar-refractivity contribution < 1.29 is 13.9 Å². The molecule has 9 heteroatoms. The molecular weight excluding hydrogens is 406 g/mol. The third-order valence-corrected chi connectivity index (χ3v) is 4.61. The zero-order chi connectivity index (χ0) is 21.3. The fourth-order valence-corrected chi connectivity index (χ4v) is 3.14. The molecule has 0 aliphatic carbocycles. The summed E-state index contributed by atoms with van der Waals surface area (Å²) in [5.41, 5.74) is 3.58. The summed E-state index contributed by atoms with van der Waals surface area (Å²) in [5, 5.41) is 12.5. The Bertz CT molecular complexity index is 1230. The first-order valence-corrected chi connectivity index (χ1v) is 9.55. The van der Waals surface area contributed by atoms with Gasteiger partial charge in [-0.25, -0.2) is 14.5 Å². The second kappa shape index (κ2) is 8.08. The molecule has 0 saturated carbocycles. The summed E-state index contributed by atoms with van der Waals surface area (Å²) in [5.74, 6) is 0.299. The molecule has 0 bridgehead atoms. The zero-order valence-corrected chi connectivity index (χ0v) is 17.3. The summed E-state index contributed by atoms with van der Waals surface area (Å²) in [6.45, 7) is 5.55. The highest BCUT2D eigenvalue weighted by Gasteiger charge is 2.18. The first kappa shape index (κ1) is 19.8. The van der Waals surface area contributed by atoms with Crippen molar-refractivity contribution in [2.24, 2.45) is 0 Å². The number of halogens is 1. The van der Waals surface area contributed by atoms with Crippen LogP contribution in [0.3, 0.4) is 0 Å². The third-order valence-electron chi connectivity index (χ3n) is 4.31. The molecular formula is C21H18ClN5O3. The van der Waals surface area contributed by atoms with Crippen molar-refractivity contribution >= 4 is 17.6 Å². The summed E-state index contributed by atoms with van der Waals surface area (Å²) in [4.78, 5) is 16.9. The first-order chi connectivity index (χ1) is 14.4. The van der Waals surface area contributed by atoms with E-state index in [4.69, 9.17) is 20.8 Å². The lowest BCUT2D eigenvalue weighted by Crippen LogP contribution is -2.11. The van der Waals surface area contributed by atoms with Crippen LogP contribution < -0.4 is 0 Å². The van der Waals surface area contributed by atoms with Gasteiger partial charge in [0.25, 0.3) is 5.89 Å². The van der Waals surface area contributed by atoms with Gasteiger partial charge in [0.15, 0.2) is 18.1 Å². The van der Waals surface area contributed by atoms with Crippen LogP contribution in [-0.4, -0.2) is 30.9 Å². The van der Waals surface area contributed by atoms with Crippen LogP contribution in [0.15, 0.2) is 46.9 Å². The van der Waals surface area contributed by atoms with E-state index in [-0.39, 0.29) is 23.2 Å². The largest absolute Gasteiger partial charge is 0.451 e. The van der Waals surface area contributed by atoms with Crippen LogP contribution in [-0.2, 0) is 11.3 Å². The predicted molar refractivity (Wildman–Crippen MR) is 109 cm³/mol. The molecule has 0 unspecified atom stereocenters. The lowest BCUT2D eigenvalue weighted by atomic mass is 10.1. The lowest BCUT2D eigenvalue weighted by molar-refractivity contribution is 0.0432. The minimum atomic E-state index is -0.696. The number of nitrogens with zero attached hydrogens (tertiary/aromatic N) is 5. The van der Waals surface area contributed by atoms with Gasteiger partial charge in [-0.05, 0) is 51.1 Å². The van der Waals surface area contributed by atoms with Crippen LogP contribution >= 0.6 is 11.6 Å². The van der Waals surface area contributed by atoms with Crippen molar-refractivity contribution in [2.45, 2.75) is 27.4 Å². The molecule has 0 radical (unpaired) electrons. The molecule has 30 heavy (non-hydrogen) atoms. The van der Waals surface area contributed by atoms with Gasteiger partial charge in [0, 0.05) is 11.3 Å². The molecule has 3 aromatic heterocycles. The van der Waals surface area contributed by atoms with Gasteiger partial charge >= 0.3 is 5.97 Å². The number of esters is 1. The Morgan fingerprint density at radius 3 is 2.70 bits per heavy atom. The Labute approximate surface area is 177 Å². The predicted octanol–water partition coefficient (Wildman–Crippen LogP) is 4.25. The summed E-state index contributed by atoms with van der Waals surface area (Å²) in [6, 6.07) is 12.8. The highest BCUT2D eigenvalue weighted by Crippen LogP contribution is 2.21. The van der Waals surface area contributed by atoms with Crippen LogP contribution in [0.2, 0.25) is 5.02 Å². The highest BCUT2D eigenvalue weighted by molar-refractivity contribution is 6.33. The number of ether oxygens (including phenoxy) is 1. The van der Waals surface area contributed by atoms with E-state index in [1.807, 2.05) is 51.1 Å². The van der Waals surface area contributed by atoms with Gasteiger partial charge in [0.2, 0.25) is 5.89 Å². The third kappa shape index (κ3) is 4.08. The van der Waals surface area contributed by atoms with Gasteiger partial charge in [-0.2, -0.15) is 5.10 Å². The van der Waals surface area contributed by atoms with Crippen LogP contribution in [0.5, 0.6) is 0 Å². The molecule has 0 saturated heterocycles. The number of pyridine rings is 1. The number of aryl methyl sites for hydroxylation is 3. The van der Waals surface area contributed by atoms with Crippen LogP contribution in [0.4, 0.5) is 0 Å². The Morgan fingerprint density at radius 1 is 1.13 bits per heavy atom. The topological polar surface area (TPSA) is 95.9 Å².